The number of carbonyl (C=O) groups is 1. The van der Waals surface area contributed by atoms with E-state index in [9.17, 15) is 13.6 Å². The van der Waals surface area contributed by atoms with E-state index in [0.29, 0.717) is 19.4 Å². The minimum Gasteiger partial charge on any atom is -0.490 e. The monoisotopic (exact) mass is 503 g/mol. The summed E-state index contributed by atoms with van der Waals surface area (Å²) < 4.78 is 39.7. The molecule has 0 radical (unpaired) electrons. The first-order valence-corrected chi connectivity index (χ1v) is 12.0. The zero-order valence-electron chi connectivity index (χ0n) is 19.3. The third kappa shape index (κ3) is 8.95. The number of hydrogen-bond acceptors (Lipinski definition) is 3. The fourth-order valence-corrected chi connectivity index (χ4v) is 4.11. The second-order valence-electron chi connectivity index (χ2n) is 9.62. The molecular formula is C24H36BrF2NO3. The Balaban J connectivity index is 1.87. The molecule has 0 unspecified atom stereocenters. The van der Waals surface area contributed by atoms with E-state index in [1.54, 1.807) is 4.90 Å². The van der Waals surface area contributed by atoms with Crippen LogP contribution in [0.2, 0.25) is 0 Å². The van der Waals surface area contributed by atoms with Crippen LogP contribution in [0.1, 0.15) is 78.2 Å². The van der Waals surface area contributed by atoms with Crippen LogP contribution in [0.25, 0.3) is 0 Å². The number of rotatable bonds is 8. The number of nitrogens with zero attached hydrogens (tertiary/aromatic N) is 1. The van der Waals surface area contributed by atoms with Gasteiger partial charge in [-0.3, -0.25) is 0 Å². The molecule has 1 aromatic rings. The maximum atomic E-state index is 13.6. The van der Waals surface area contributed by atoms with Crippen molar-refractivity contribution in [2.75, 3.05) is 6.54 Å². The average Bonchev–Trinajstić information content (AvgIpc) is 2.64. The van der Waals surface area contributed by atoms with Gasteiger partial charge < -0.3 is 14.4 Å². The Morgan fingerprint density at radius 1 is 1.26 bits per heavy atom. The molecule has 0 heterocycles. The van der Waals surface area contributed by atoms with Gasteiger partial charge in [0.15, 0.2) is 0 Å². The lowest BCUT2D eigenvalue weighted by atomic mass is 9.91. The highest BCUT2D eigenvalue weighted by Gasteiger charge is 2.39. The number of alkyl halides is 2. The molecular weight excluding hydrogens is 468 g/mol. The molecule has 31 heavy (non-hydrogen) atoms. The molecule has 1 aromatic carbocycles. The number of benzene rings is 1. The summed E-state index contributed by atoms with van der Waals surface area (Å²) in [6.07, 6.45) is 2.38. The van der Waals surface area contributed by atoms with E-state index in [-0.39, 0.29) is 25.0 Å². The molecule has 0 aliphatic heterocycles. The van der Waals surface area contributed by atoms with E-state index in [4.69, 9.17) is 9.47 Å². The molecule has 0 aromatic heterocycles. The Morgan fingerprint density at radius 2 is 1.90 bits per heavy atom. The van der Waals surface area contributed by atoms with Gasteiger partial charge >= 0.3 is 6.09 Å². The zero-order chi connectivity index (χ0) is 23.2. The molecule has 1 atom stereocenters. The Hall–Kier alpha value is -1.37. The quantitative estimate of drug-likeness (QED) is 0.344. The molecule has 1 saturated carbocycles. The van der Waals surface area contributed by atoms with E-state index in [0.717, 1.165) is 35.0 Å². The summed E-state index contributed by atoms with van der Waals surface area (Å²) >= 11 is 3.52. The standard InChI is InChI=1S/C24H36BrF2NO3/c1-17-9-10-20(25)21(16-17)30-18(2)8-6-7-15-28(22(29)31-23(3,4)5)19-11-13-24(26,27)14-12-19/h9-10,16,18-19H,6-8,11-15H2,1-5H3/t18-/m0/s1. The Kier molecular flexibility index (Phi) is 9.16. The largest absolute Gasteiger partial charge is 0.490 e. The van der Waals surface area contributed by atoms with E-state index in [1.165, 1.54) is 0 Å². The first-order chi connectivity index (χ1) is 14.4. The molecule has 4 nitrogen and oxygen atoms in total. The van der Waals surface area contributed by atoms with Gasteiger partial charge in [-0.1, -0.05) is 6.07 Å². The molecule has 0 spiro atoms. The third-order valence-corrected chi connectivity index (χ3v) is 6.09. The molecule has 1 aliphatic rings. The van der Waals surface area contributed by atoms with E-state index in [1.807, 2.05) is 52.8 Å². The third-order valence-electron chi connectivity index (χ3n) is 5.43. The normalized spacial score (nSPS) is 17.8. The summed E-state index contributed by atoms with van der Waals surface area (Å²) in [6.45, 7) is 10.0. The Bertz CT molecular complexity index is 726. The van der Waals surface area contributed by atoms with Crippen molar-refractivity contribution < 1.29 is 23.0 Å². The van der Waals surface area contributed by atoms with Gasteiger partial charge in [-0.05, 0) is 100 Å². The molecule has 0 N–H and O–H groups in total. The van der Waals surface area contributed by atoms with Gasteiger partial charge in [0, 0.05) is 25.4 Å². The molecule has 1 aliphatic carbocycles. The lowest BCUT2D eigenvalue weighted by Gasteiger charge is -2.37. The predicted molar refractivity (Wildman–Crippen MR) is 123 cm³/mol. The van der Waals surface area contributed by atoms with Crippen molar-refractivity contribution >= 4 is 22.0 Å². The van der Waals surface area contributed by atoms with Crippen LogP contribution in [0.3, 0.4) is 0 Å². The van der Waals surface area contributed by atoms with Crippen LogP contribution in [0, 0.1) is 6.92 Å². The highest BCUT2D eigenvalue weighted by Crippen LogP contribution is 2.35. The molecule has 0 bridgehead atoms. The van der Waals surface area contributed by atoms with Crippen LogP contribution in [0.5, 0.6) is 5.75 Å². The molecule has 176 valence electrons. The summed E-state index contributed by atoms with van der Waals surface area (Å²) in [7, 11) is 0. The number of hydrogen-bond donors (Lipinski definition) is 0. The highest BCUT2D eigenvalue weighted by molar-refractivity contribution is 9.10. The fraction of sp³-hybridized carbons (Fsp3) is 0.708. The minimum absolute atomic E-state index is 0.0291. The van der Waals surface area contributed by atoms with Crippen molar-refractivity contribution in [2.24, 2.45) is 0 Å². The lowest BCUT2D eigenvalue weighted by molar-refractivity contribution is -0.0571. The number of unbranched alkanes of at least 4 members (excludes halogenated alkanes) is 1. The zero-order valence-corrected chi connectivity index (χ0v) is 20.9. The van der Waals surface area contributed by atoms with Crippen LogP contribution < -0.4 is 4.74 Å². The topological polar surface area (TPSA) is 38.8 Å². The van der Waals surface area contributed by atoms with Crippen LogP contribution in [-0.2, 0) is 4.74 Å². The van der Waals surface area contributed by atoms with E-state index >= 15 is 0 Å². The van der Waals surface area contributed by atoms with E-state index < -0.39 is 17.6 Å². The van der Waals surface area contributed by atoms with Crippen molar-refractivity contribution in [1.29, 1.82) is 0 Å². The maximum Gasteiger partial charge on any atom is 0.410 e. The Morgan fingerprint density at radius 3 is 2.52 bits per heavy atom. The number of carbonyl (C=O) groups excluding carboxylic acids is 1. The predicted octanol–water partition coefficient (Wildman–Crippen LogP) is 7.51. The van der Waals surface area contributed by atoms with Crippen molar-refractivity contribution in [3.8, 4) is 5.75 Å². The minimum atomic E-state index is -2.62. The van der Waals surface area contributed by atoms with Gasteiger partial charge in [0.2, 0.25) is 5.92 Å². The molecule has 2 rings (SSSR count). The van der Waals surface area contributed by atoms with Crippen LogP contribution in [0.4, 0.5) is 13.6 Å². The van der Waals surface area contributed by atoms with Gasteiger partial charge in [0.1, 0.15) is 11.4 Å². The van der Waals surface area contributed by atoms with Gasteiger partial charge in [0.25, 0.3) is 0 Å². The average molecular weight is 504 g/mol. The van der Waals surface area contributed by atoms with Crippen molar-refractivity contribution in [1.82, 2.24) is 4.90 Å². The fourth-order valence-electron chi connectivity index (χ4n) is 3.77. The number of ether oxygens (including phenoxy) is 2. The number of amides is 1. The highest BCUT2D eigenvalue weighted by atomic mass is 79.9. The molecule has 1 fully saturated rings. The first kappa shape index (κ1) is 25.9. The van der Waals surface area contributed by atoms with E-state index in [2.05, 4.69) is 15.9 Å². The van der Waals surface area contributed by atoms with Crippen LogP contribution >= 0.6 is 15.9 Å². The second-order valence-corrected chi connectivity index (χ2v) is 10.5. The van der Waals surface area contributed by atoms with Crippen molar-refractivity contribution in [3.05, 3.63) is 28.2 Å². The SMILES string of the molecule is Cc1ccc(Br)c(O[C@@H](C)CCCCN(C(=O)OC(C)(C)C)C2CCC(F)(F)CC2)c1. The first-order valence-electron chi connectivity index (χ1n) is 11.2. The summed E-state index contributed by atoms with van der Waals surface area (Å²) in [5, 5.41) is 0. The molecule has 0 saturated heterocycles. The summed E-state index contributed by atoms with van der Waals surface area (Å²) in [5.74, 6) is -1.79. The van der Waals surface area contributed by atoms with Gasteiger partial charge in [-0.25, -0.2) is 13.6 Å². The van der Waals surface area contributed by atoms with Crippen LogP contribution in [-0.4, -0.2) is 41.2 Å². The van der Waals surface area contributed by atoms with Gasteiger partial charge in [0.05, 0.1) is 10.6 Å². The summed E-state index contributed by atoms with van der Waals surface area (Å²) in [5.41, 5.74) is 0.522. The van der Waals surface area contributed by atoms with Gasteiger partial charge in [-0.2, -0.15) is 0 Å². The van der Waals surface area contributed by atoms with Gasteiger partial charge in [-0.15, -0.1) is 0 Å². The number of halogens is 3. The molecule has 7 heteroatoms. The maximum absolute atomic E-state index is 13.6. The van der Waals surface area contributed by atoms with Crippen molar-refractivity contribution in [3.63, 3.8) is 0 Å². The second kappa shape index (κ2) is 11.0. The smallest absolute Gasteiger partial charge is 0.410 e. The molecule has 1 amide bonds. The van der Waals surface area contributed by atoms with Crippen molar-refractivity contribution in [2.45, 2.75) is 103 Å². The van der Waals surface area contributed by atoms with Crippen LogP contribution in [0.15, 0.2) is 22.7 Å². The summed E-state index contributed by atoms with van der Waals surface area (Å²) in [4.78, 5) is 14.4. The number of aryl methyl sites for hydroxylation is 1. The summed E-state index contributed by atoms with van der Waals surface area (Å²) in [6, 6.07) is 5.81. The Labute approximate surface area is 193 Å². The lowest BCUT2D eigenvalue weighted by Crippen LogP contribution is -2.46.